The number of anilines is 1. The zero-order chi connectivity index (χ0) is 14.2. The number of carbonyl (C=O) groups is 2. The number of hydrogen-bond donors (Lipinski definition) is 2. The van der Waals surface area contributed by atoms with Crippen molar-refractivity contribution in [3.8, 4) is 0 Å². The molecule has 1 fully saturated rings. The second-order valence-electron chi connectivity index (χ2n) is 5.61. The Bertz CT molecular complexity index is 548. The van der Waals surface area contributed by atoms with Gasteiger partial charge in [-0.25, -0.2) is 0 Å². The van der Waals surface area contributed by atoms with Crippen molar-refractivity contribution in [2.24, 2.45) is 0 Å². The Morgan fingerprint density at radius 1 is 1.35 bits per heavy atom. The van der Waals surface area contributed by atoms with Crippen molar-refractivity contribution in [1.82, 2.24) is 5.32 Å². The molecule has 0 unspecified atom stereocenters. The van der Waals surface area contributed by atoms with Gasteiger partial charge < -0.3 is 20.1 Å². The minimum absolute atomic E-state index is 0.00875. The molecular weight excluding hydrogens is 256 g/mol. The van der Waals surface area contributed by atoms with Gasteiger partial charge in [0.15, 0.2) is 0 Å². The van der Waals surface area contributed by atoms with Crippen LogP contribution >= 0.6 is 0 Å². The predicted molar refractivity (Wildman–Crippen MR) is 74.7 cm³/mol. The largest absolute Gasteiger partial charge is 0.389 e. The van der Waals surface area contributed by atoms with Crippen LogP contribution in [0.15, 0.2) is 18.2 Å². The fourth-order valence-corrected chi connectivity index (χ4v) is 2.96. The van der Waals surface area contributed by atoms with Crippen LogP contribution in [0.2, 0.25) is 0 Å². The van der Waals surface area contributed by atoms with Crippen molar-refractivity contribution >= 4 is 17.9 Å². The van der Waals surface area contributed by atoms with Gasteiger partial charge in [0.1, 0.15) is 6.29 Å². The molecule has 106 valence electrons. The summed E-state index contributed by atoms with van der Waals surface area (Å²) < 4.78 is 0. The van der Waals surface area contributed by atoms with Crippen molar-refractivity contribution in [3.63, 3.8) is 0 Å². The first-order valence-electron chi connectivity index (χ1n) is 6.93. The van der Waals surface area contributed by atoms with Gasteiger partial charge in [0, 0.05) is 37.3 Å². The van der Waals surface area contributed by atoms with E-state index in [0.717, 1.165) is 36.2 Å². The van der Waals surface area contributed by atoms with Crippen LogP contribution in [0.3, 0.4) is 0 Å². The van der Waals surface area contributed by atoms with E-state index < -0.39 is 5.60 Å². The third kappa shape index (κ3) is 2.29. The average Bonchev–Trinajstić information content (AvgIpc) is 2.81. The number of rotatable bonds is 3. The minimum atomic E-state index is -0.841. The van der Waals surface area contributed by atoms with E-state index in [-0.39, 0.29) is 12.3 Å². The van der Waals surface area contributed by atoms with Crippen LogP contribution in [-0.4, -0.2) is 36.0 Å². The number of nitrogens with zero attached hydrogens (tertiary/aromatic N) is 1. The molecule has 1 aromatic rings. The fourth-order valence-electron chi connectivity index (χ4n) is 2.96. The van der Waals surface area contributed by atoms with Crippen LogP contribution in [-0.2, 0) is 11.3 Å². The molecule has 1 saturated heterocycles. The van der Waals surface area contributed by atoms with Gasteiger partial charge in [0.25, 0.3) is 5.91 Å². The lowest BCUT2D eigenvalue weighted by molar-refractivity contribution is -0.113. The van der Waals surface area contributed by atoms with Gasteiger partial charge in [-0.1, -0.05) is 0 Å². The number of piperidine rings is 1. The van der Waals surface area contributed by atoms with Gasteiger partial charge in [-0.15, -0.1) is 0 Å². The number of hydrogen-bond acceptors (Lipinski definition) is 4. The summed E-state index contributed by atoms with van der Waals surface area (Å²) >= 11 is 0. The van der Waals surface area contributed by atoms with E-state index in [0.29, 0.717) is 19.4 Å². The number of amides is 1. The normalized spacial score (nSPS) is 20.4. The molecule has 1 aromatic carbocycles. The molecule has 0 spiro atoms. The Kier molecular flexibility index (Phi) is 3.22. The summed E-state index contributed by atoms with van der Waals surface area (Å²) in [5.41, 5.74) is 2.02. The van der Waals surface area contributed by atoms with Crippen molar-refractivity contribution in [2.45, 2.75) is 31.4 Å². The Balaban J connectivity index is 1.73. The van der Waals surface area contributed by atoms with Gasteiger partial charge in [0.05, 0.1) is 5.60 Å². The van der Waals surface area contributed by atoms with Crippen LogP contribution in [0.1, 0.15) is 35.2 Å². The molecular formula is C15H18N2O3. The van der Waals surface area contributed by atoms with E-state index in [2.05, 4.69) is 10.2 Å². The van der Waals surface area contributed by atoms with Gasteiger partial charge in [0.2, 0.25) is 0 Å². The van der Waals surface area contributed by atoms with E-state index in [4.69, 9.17) is 0 Å². The smallest absolute Gasteiger partial charge is 0.251 e. The van der Waals surface area contributed by atoms with Crippen LogP contribution in [0.25, 0.3) is 0 Å². The first kappa shape index (κ1) is 13.1. The molecule has 0 aromatic heterocycles. The minimum Gasteiger partial charge on any atom is -0.389 e. The first-order valence-corrected chi connectivity index (χ1v) is 6.93. The molecule has 0 radical (unpaired) electrons. The Morgan fingerprint density at radius 3 is 2.80 bits per heavy atom. The van der Waals surface area contributed by atoms with Crippen molar-refractivity contribution in [2.75, 3.05) is 18.0 Å². The lowest BCUT2D eigenvalue weighted by atomic mass is 9.88. The highest BCUT2D eigenvalue weighted by molar-refractivity contribution is 5.98. The summed E-state index contributed by atoms with van der Waals surface area (Å²) in [5, 5.41) is 13.0. The molecule has 0 atom stereocenters. The van der Waals surface area contributed by atoms with E-state index >= 15 is 0 Å². The summed E-state index contributed by atoms with van der Waals surface area (Å²) in [6.07, 6.45) is 2.20. The van der Waals surface area contributed by atoms with E-state index in [1.807, 2.05) is 18.2 Å². The second kappa shape index (κ2) is 4.90. The number of fused-ring (bicyclic) bond motifs is 1. The molecule has 2 aliphatic heterocycles. The molecule has 5 nitrogen and oxygen atoms in total. The summed E-state index contributed by atoms with van der Waals surface area (Å²) in [6.45, 7) is 2.04. The fraction of sp³-hybridized carbons (Fsp3) is 0.467. The van der Waals surface area contributed by atoms with Crippen molar-refractivity contribution in [1.29, 1.82) is 0 Å². The highest BCUT2D eigenvalue weighted by atomic mass is 16.3. The monoisotopic (exact) mass is 274 g/mol. The maximum atomic E-state index is 11.5. The molecule has 1 amide bonds. The van der Waals surface area contributed by atoms with E-state index in [1.54, 1.807) is 0 Å². The number of carbonyl (C=O) groups excluding carboxylic acids is 2. The zero-order valence-corrected chi connectivity index (χ0v) is 11.3. The SMILES string of the molecule is O=CCC1(O)CCN(c2ccc3c(c2)CNC3=O)CC1. The van der Waals surface area contributed by atoms with Crippen LogP contribution < -0.4 is 10.2 Å². The number of aliphatic hydroxyl groups is 1. The standard InChI is InChI=1S/C15H18N2O3/c18-8-5-15(20)3-6-17(7-4-15)12-1-2-13-11(9-12)10-16-14(13)19/h1-2,8-9,20H,3-7,10H2,(H,16,19). The Hall–Kier alpha value is -1.88. The third-order valence-corrected chi connectivity index (χ3v) is 4.30. The Labute approximate surface area is 117 Å². The third-order valence-electron chi connectivity index (χ3n) is 4.30. The molecule has 0 saturated carbocycles. The van der Waals surface area contributed by atoms with E-state index in [9.17, 15) is 14.7 Å². The first-order chi connectivity index (χ1) is 9.61. The molecule has 0 bridgehead atoms. The van der Waals surface area contributed by atoms with Crippen LogP contribution in [0, 0.1) is 0 Å². The molecule has 20 heavy (non-hydrogen) atoms. The summed E-state index contributed by atoms with van der Waals surface area (Å²) in [4.78, 5) is 24.3. The predicted octanol–water partition coefficient (Wildman–Crippen LogP) is 0.850. The molecule has 2 aliphatic rings. The second-order valence-corrected chi connectivity index (χ2v) is 5.61. The van der Waals surface area contributed by atoms with E-state index in [1.165, 1.54) is 0 Å². The molecule has 2 N–H and O–H groups in total. The summed E-state index contributed by atoms with van der Waals surface area (Å²) in [6, 6.07) is 5.85. The van der Waals surface area contributed by atoms with Gasteiger partial charge in [-0.05, 0) is 36.6 Å². The quantitative estimate of drug-likeness (QED) is 0.802. The average molecular weight is 274 g/mol. The molecule has 2 heterocycles. The number of benzene rings is 1. The van der Waals surface area contributed by atoms with Crippen LogP contribution in [0.5, 0.6) is 0 Å². The number of aldehydes is 1. The zero-order valence-electron chi connectivity index (χ0n) is 11.3. The summed E-state index contributed by atoms with van der Waals surface area (Å²) in [5.74, 6) is -0.00875. The van der Waals surface area contributed by atoms with Gasteiger partial charge in [-0.3, -0.25) is 4.79 Å². The van der Waals surface area contributed by atoms with Gasteiger partial charge in [-0.2, -0.15) is 0 Å². The lowest BCUT2D eigenvalue weighted by Gasteiger charge is -2.38. The van der Waals surface area contributed by atoms with Crippen LogP contribution in [0.4, 0.5) is 5.69 Å². The highest BCUT2D eigenvalue weighted by Gasteiger charge is 2.32. The molecule has 3 rings (SSSR count). The highest BCUT2D eigenvalue weighted by Crippen LogP contribution is 2.30. The maximum absolute atomic E-state index is 11.5. The maximum Gasteiger partial charge on any atom is 0.251 e. The van der Waals surface area contributed by atoms with Crippen molar-refractivity contribution in [3.05, 3.63) is 29.3 Å². The van der Waals surface area contributed by atoms with Gasteiger partial charge >= 0.3 is 0 Å². The molecule has 0 aliphatic carbocycles. The lowest BCUT2D eigenvalue weighted by Crippen LogP contribution is -2.44. The molecule has 5 heteroatoms. The topological polar surface area (TPSA) is 69.6 Å². The summed E-state index contributed by atoms with van der Waals surface area (Å²) in [7, 11) is 0. The number of nitrogens with one attached hydrogen (secondary N) is 1. The Morgan fingerprint density at radius 2 is 2.10 bits per heavy atom. The van der Waals surface area contributed by atoms with Crippen molar-refractivity contribution < 1.29 is 14.7 Å².